The van der Waals surface area contributed by atoms with Crippen LogP contribution in [0.15, 0.2) is 182 Å². The third-order valence-electron chi connectivity index (χ3n) is 10.3. The maximum Gasteiger partial charge on any atom is 0.161 e. The van der Waals surface area contributed by atoms with Gasteiger partial charge in [0.25, 0.3) is 0 Å². The average molecular weight is 623 g/mol. The minimum atomic E-state index is -0.495. The summed E-state index contributed by atoms with van der Waals surface area (Å²) in [7, 11) is 0. The molecule has 10 rings (SSSR count). The number of benzene rings is 8. The van der Waals surface area contributed by atoms with Crippen LogP contribution in [0.4, 0.5) is 0 Å². The van der Waals surface area contributed by atoms with Gasteiger partial charge in [0.2, 0.25) is 0 Å². The molecular weight excluding hydrogens is 593 g/mol. The van der Waals surface area contributed by atoms with E-state index in [9.17, 15) is 0 Å². The first kappa shape index (κ1) is 27.7. The molecular formula is C47H30N2. The van der Waals surface area contributed by atoms with Crippen molar-refractivity contribution in [1.82, 2.24) is 9.97 Å². The van der Waals surface area contributed by atoms with Crippen molar-refractivity contribution in [2.75, 3.05) is 0 Å². The van der Waals surface area contributed by atoms with Crippen LogP contribution in [0, 0.1) is 0 Å². The van der Waals surface area contributed by atoms with E-state index in [2.05, 4.69) is 182 Å². The number of fused-ring (bicyclic) bond motifs is 8. The largest absolute Gasteiger partial charge is 0.228 e. The molecule has 0 saturated carbocycles. The molecule has 0 aliphatic heterocycles. The summed E-state index contributed by atoms with van der Waals surface area (Å²) in [6.45, 7) is 0. The minimum absolute atomic E-state index is 0.495. The predicted molar refractivity (Wildman–Crippen MR) is 203 cm³/mol. The van der Waals surface area contributed by atoms with Crippen molar-refractivity contribution >= 4 is 32.4 Å². The van der Waals surface area contributed by atoms with Gasteiger partial charge in [0.15, 0.2) is 5.82 Å². The van der Waals surface area contributed by atoms with E-state index in [-0.39, 0.29) is 0 Å². The summed E-state index contributed by atoms with van der Waals surface area (Å²) in [5.41, 5.74) is 11.2. The van der Waals surface area contributed by atoms with E-state index in [4.69, 9.17) is 9.97 Å². The molecule has 0 amide bonds. The molecule has 0 spiro atoms. The summed E-state index contributed by atoms with van der Waals surface area (Å²) in [4.78, 5) is 10.7. The zero-order valence-electron chi connectivity index (χ0n) is 26.7. The minimum Gasteiger partial charge on any atom is -0.228 e. The molecule has 1 aromatic heterocycles. The number of aromatic nitrogens is 2. The molecule has 49 heavy (non-hydrogen) atoms. The molecule has 2 heteroatoms. The Labute approximate surface area is 285 Å². The van der Waals surface area contributed by atoms with Gasteiger partial charge in [-0.05, 0) is 61.0 Å². The average Bonchev–Trinajstić information content (AvgIpc) is 3.50. The molecule has 0 N–H and O–H groups in total. The number of rotatable bonds is 4. The highest BCUT2D eigenvalue weighted by molar-refractivity contribution is 6.13. The van der Waals surface area contributed by atoms with Crippen molar-refractivity contribution in [3.63, 3.8) is 0 Å². The number of nitrogens with zero attached hydrogens (tertiary/aromatic N) is 2. The molecule has 0 bridgehead atoms. The van der Waals surface area contributed by atoms with E-state index >= 15 is 0 Å². The zero-order chi connectivity index (χ0) is 32.4. The van der Waals surface area contributed by atoms with Crippen LogP contribution >= 0.6 is 0 Å². The molecule has 2 nitrogen and oxygen atoms in total. The first-order chi connectivity index (χ1) is 24.3. The van der Waals surface area contributed by atoms with Gasteiger partial charge in [0.1, 0.15) is 0 Å². The molecule has 0 unspecified atom stereocenters. The topological polar surface area (TPSA) is 25.8 Å². The van der Waals surface area contributed by atoms with Crippen LogP contribution in [-0.4, -0.2) is 9.97 Å². The quantitative estimate of drug-likeness (QED) is 0.183. The van der Waals surface area contributed by atoms with Gasteiger partial charge in [0, 0.05) is 16.5 Å². The Balaban J connectivity index is 1.31. The molecule has 0 saturated heterocycles. The Morgan fingerprint density at radius 3 is 1.80 bits per heavy atom. The van der Waals surface area contributed by atoms with E-state index in [1.807, 2.05) is 0 Å². The highest BCUT2D eigenvalue weighted by Gasteiger charge is 2.47. The maximum absolute atomic E-state index is 5.42. The summed E-state index contributed by atoms with van der Waals surface area (Å²) >= 11 is 0. The molecule has 1 heterocycles. The van der Waals surface area contributed by atoms with E-state index in [1.165, 1.54) is 44.2 Å². The van der Waals surface area contributed by atoms with Gasteiger partial charge in [-0.3, -0.25) is 0 Å². The lowest BCUT2D eigenvalue weighted by Crippen LogP contribution is -2.28. The van der Waals surface area contributed by atoms with Crippen LogP contribution in [0.3, 0.4) is 0 Å². The zero-order valence-corrected chi connectivity index (χ0v) is 26.7. The van der Waals surface area contributed by atoms with Crippen LogP contribution in [-0.2, 0) is 5.41 Å². The first-order valence-corrected chi connectivity index (χ1v) is 16.8. The van der Waals surface area contributed by atoms with Gasteiger partial charge in [-0.25, -0.2) is 9.97 Å². The Bertz CT molecular complexity index is 2660. The second-order valence-electron chi connectivity index (χ2n) is 12.9. The van der Waals surface area contributed by atoms with Crippen LogP contribution in [0.2, 0.25) is 0 Å². The van der Waals surface area contributed by atoms with Crippen molar-refractivity contribution < 1.29 is 0 Å². The Kier molecular flexibility index (Phi) is 6.13. The fourth-order valence-electron chi connectivity index (χ4n) is 8.33. The van der Waals surface area contributed by atoms with Gasteiger partial charge < -0.3 is 0 Å². The monoisotopic (exact) mass is 622 g/mol. The fourth-order valence-corrected chi connectivity index (χ4v) is 8.33. The second-order valence-corrected chi connectivity index (χ2v) is 12.9. The van der Waals surface area contributed by atoms with Crippen LogP contribution in [0.25, 0.3) is 66.2 Å². The Morgan fingerprint density at radius 1 is 0.388 bits per heavy atom. The molecule has 0 atom stereocenters. The van der Waals surface area contributed by atoms with Gasteiger partial charge in [-0.2, -0.15) is 0 Å². The van der Waals surface area contributed by atoms with Crippen LogP contribution in [0.5, 0.6) is 0 Å². The van der Waals surface area contributed by atoms with E-state index in [0.717, 1.165) is 44.3 Å². The third-order valence-corrected chi connectivity index (χ3v) is 10.3. The highest BCUT2D eigenvalue weighted by atomic mass is 14.9. The van der Waals surface area contributed by atoms with E-state index in [0.29, 0.717) is 0 Å². The summed E-state index contributed by atoms with van der Waals surface area (Å²) in [5.74, 6) is 0.729. The first-order valence-electron chi connectivity index (χ1n) is 16.8. The molecule has 8 aromatic carbocycles. The molecule has 1 aliphatic rings. The Morgan fingerprint density at radius 2 is 1.02 bits per heavy atom. The van der Waals surface area contributed by atoms with E-state index in [1.54, 1.807) is 0 Å². The van der Waals surface area contributed by atoms with Crippen LogP contribution in [0.1, 0.15) is 22.3 Å². The predicted octanol–water partition coefficient (Wildman–Crippen LogP) is 11.6. The Hall–Kier alpha value is -6.38. The summed E-state index contributed by atoms with van der Waals surface area (Å²) in [5, 5.41) is 5.78. The van der Waals surface area contributed by atoms with Crippen molar-refractivity contribution in [3.8, 4) is 33.8 Å². The van der Waals surface area contributed by atoms with Crippen molar-refractivity contribution in [3.05, 3.63) is 204 Å². The summed E-state index contributed by atoms with van der Waals surface area (Å²) in [6, 6.07) is 65.5. The molecule has 228 valence electrons. The van der Waals surface area contributed by atoms with Gasteiger partial charge in [-0.15, -0.1) is 0 Å². The highest BCUT2D eigenvalue weighted by Crippen LogP contribution is 2.58. The SMILES string of the molecule is c1ccc(-c2nc(-c3cccc4c5c(ccc34)-c3ccccc3C5(c3ccccc3)c3ccccc3)nc3ccc4ccccc4c23)cc1. The normalized spacial score (nSPS) is 13.1. The molecule has 9 aromatic rings. The standard InChI is InChI=1S/C47H30N2/c1-4-16-32(17-5-1)45-43-35-22-11-10-15-31(35)27-30-42(43)48-46(49-45)40-25-14-24-38-36(40)28-29-39-37-23-12-13-26-41(37)47(44(38)39,33-18-6-2-7-19-33)34-20-8-3-9-21-34/h1-30H. The smallest absolute Gasteiger partial charge is 0.161 e. The van der Waals surface area contributed by atoms with E-state index < -0.39 is 5.41 Å². The van der Waals surface area contributed by atoms with Gasteiger partial charge >= 0.3 is 0 Å². The van der Waals surface area contributed by atoms with Gasteiger partial charge in [-0.1, -0.05) is 176 Å². The maximum atomic E-state index is 5.42. The lowest BCUT2D eigenvalue weighted by molar-refractivity contribution is 0.775. The molecule has 1 aliphatic carbocycles. The number of hydrogen-bond donors (Lipinski definition) is 0. The van der Waals surface area contributed by atoms with Crippen molar-refractivity contribution in [2.45, 2.75) is 5.41 Å². The van der Waals surface area contributed by atoms with Gasteiger partial charge in [0.05, 0.1) is 16.6 Å². The molecule has 0 fully saturated rings. The lowest BCUT2D eigenvalue weighted by Gasteiger charge is -2.34. The van der Waals surface area contributed by atoms with Crippen molar-refractivity contribution in [1.29, 1.82) is 0 Å². The third kappa shape index (κ3) is 4.01. The number of hydrogen-bond acceptors (Lipinski definition) is 2. The fraction of sp³-hybridized carbons (Fsp3) is 0.0213. The molecule has 0 radical (unpaired) electrons. The summed E-state index contributed by atoms with van der Waals surface area (Å²) < 4.78 is 0. The van der Waals surface area contributed by atoms with Crippen LogP contribution < -0.4 is 0 Å². The second kappa shape index (κ2) is 10.8. The summed E-state index contributed by atoms with van der Waals surface area (Å²) in [6.07, 6.45) is 0. The lowest BCUT2D eigenvalue weighted by atomic mass is 9.66. The van der Waals surface area contributed by atoms with Crippen molar-refractivity contribution in [2.24, 2.45) is 0 Å².